The number of aromatic nitrogens is 1. The monoisotopic (exact) mass is 350 g/mol. The van der Waals surface area contributed by atoms with Gasteiger partial charge in [-0.2, -0.15) is 0 Å². The fraction of sp³-hybridized carbons (Fsp3) is 0.333. The highest BCUT2D eigenvalue weighted by Gasteiger charge is 2.23. The van der Waals surface area contributed by atoms with Crippen LogP contribution in [0.25, 0.3) is 0 Å². The van der Waals surface area contributed by atoms with Crippen LogP contribution in [0.3, 0.4) is 0 Å². The molecular weight excluding hydrogens is 331 g/mol. The molecule has 1 unspecified atom stereocenters. The lowest BCUT2D eigenvalue weighted by Gasteiger charge is -2.27. The fourth-order valence-corrected chi connectivity index (χ4v) is 2.58. The fourth-order valence-electron chi connectivity index (χ4n) is 2.37. The van der Waals surface area contributed by atoms with Crippen molar-refractivity contribution in [2.24, 2.45) is 5.92 Å². The molecule has 1 atom stereocenters. The first kappa shape index (κ1) is 18.4. The molecule has 0 saturated heterocycles. The van der Waals surface area contributed by atoms with Crippen molar-refractivity contribution in [2.75, 3.05) is 13.1 Å². The summed E-state index contributed by atoms with van der Waals surface area (Å²) < 4.78 is 13.0. The largest absolute Gasteiger partial charge is 0.387 e. The summed E-state index contributed by atoms with van der Waals surface area (Å²) in [7, 11) is 0. The summed E-state index contributed by atoms with van der Waals surface area (Å²) in [6.07, 6.45) is 0.582. The molecule has 0 radical (unpaired) electrons. The Balaban J connectivity index is 2.20. The normalized spacial score (nSPS) is 12.2. The Bertz CT molecular complexity index is 692. The van der Waals surface area contributed by atoms with Gasteiger partial charge in [0.05, 0.1) is 17.7 Å². The summed E-state index contributed by atoms with van der Waals surface area (Å²) in [5.41, 5.74) is 0.705. The second kappa shape index (κ2) is 8.22. The lowest BCUT2D eigenvalue weighted by atomic mass is 10.1. The number of pyridine rings is 1. The predicted molar refractivity (Wildman–Crippen MR) is 91.3 cm³/mol. The van der Waals surface area contributed by atoms with E-state index >= 15 is 0 Å². The molecule has 2 aromatic rings. The van der Waals surface area contributed by atoms with Gasteiger partial charge in [-0.1, -0.05) is 37.6 Å². The maximum atomic E-state index is 13.0. The number of aliphatic hydroxyl groups excluding tert-OH is 1. The van der Waals surface area contributed by atoms with E-state index in [1.807, 2.05) is 13.8 Å². The number of aliphatic hydroxyl groups is 1. The van der Waals surface area contributed by atoms with Gasteiger partial charge < -0.3 is 10.0 Å². The van der Waals surface area contributed by atoms with E-state index < -0.39 is 6.10 Å². The van der Waals surface area contributed by atoms with E-state index in [0.717, 1.165) is 0 Å². The first-order valence-electron chi connectivity index (χ1n) is 7.71. The van der Waals surface area contributed by atoms with E-state index in [0.29, 0.717) is 12.1 Å². The van der Waals surface area contributed by atoms with Crippen LogP contribution in [-0.4, -0.2) is 34.0 Å². The van der Waals surface area contributed by atoms with Crippen molar-refractivity contribution in [3.63, 3.8) is 0 Å². The SMILES string of the molecule is CC(C)CN(CC(O)c1ccc(F)cc1)C(=O)c1ncccc1Cl. The number of hydrogen-bond donors (Lipinski definition) is 1. The maximum Gasteiger partial charge on any atom is 0.274 e. The predicted octanol–water partition coefficient (Wildman–Crippen LogP) is 3.71. The molecule has 0 bridgehead atoms. The Morgan fingerprint density at radius 2 is 1.92 bits per heavy atom. The lowest BCUT2D eigenvalue weighted by molar-refractivity contribution is 0.0589. The maximum absolute atomic E-state index is 13.0. The highest BCUT2D eigenvalue weighted by molar-refractivity contribution is 6.33. The van der Waals surface area contributed by atoms with Crippen LogP contribution in [0, 0.1) is 11.7 Å². The van der Waals surface area contributed by atoms with Crippen LogP contribution in [0.2, 0.25) is 5.02 Å². The van der Waals surface area contributed by atoms with Crippen molar-refractivity contribution in [2.45, 2.75) is 20.0 Å². The molecular formula is C18H20ClFN2O2. The van der Waals surface area contributed by atoms with E-state index in [1.54, 1.807) is 12.1 Å². The zero-order valence-electron chi connectivity index (χ0n) is 13.6. The molecule has 1 aromatic carbocycles. The van der Waals surface area contributed by atoms with Gasteiger partial charge in [-0.3, -0.25) is 4.79 Å². The van der Waals surface area contributed by atoms with Crippen molar-refractivity contribution >= 4 is 17.5 Å². The van der Waals surface area contributed by atoms with Gasteiger partial charge >= 0.3 is 0 Å². The van der Waals surface area contributed by atoms with Gasteiger partial charge in [0.1, 0.15) is 11.5 Å². The van der Waals surface area contributed by atoms with E-state index in [9.17, 15) is 14.3 Å². The van der Waals surface area contributed by atoms with E-state index in [4.69, 9.17) is 11.6 Å². The second-order valence-corrected chi connectivity index (χ2v) is 6.41. The summed E-state index contributed by atoms with van der Waals surface area (Å²) in [5, 5.41) is 10.7. The Kier molecular flexibility index (Phi) is 6.29. The Morgan fingerprint density at radius 3 is 2.50 bits per heavy atom. The molecule has 1 N–H and O–H groups in total. The van der Waals surface area contributed by atoms with Crippen molar-refractivity contribution in [1.29, 1.82) is 0 Å². The van der Waals surface area contributed by atoms with E-state index in [-0.39, 0.29) is 34.9 Å². The minimum Gasteiger partial charge on any atom is -0.387 e. The molecule has 0 aliphatic heterocycles. The highest BCUT2D eigenvalue weighted by Crippen LogP contribution is 2.20. The third-order valence-electron chi connectivity index (χ3n) is 3.48. The van der Waals surface area contributed by atoms with Gasteiger partial charge in [0.25, 0.3) is 5.91 Å². The van der Waals surface area contributed by atoms with Crippen LogP contribution in [0.15, 0.2) is 42.6 Å². The molecule has 0 aliphatic rings. The molecule has 1 aromatic heterocycles. The van der Waals surface area contributed by atoms with Gasteiger partial charge in [0.15, 0.2) is 0 Å². The van der Waals surface area contributed by atoms with Crippen molar-refractivity contribution < 1.29 is 14.3 Å². The van der Waals surface area contributed by atoms with Crippen LogP contribution in [0.4, 0.5) is 4.39 Å². The third kappa shape index (κ3) is 4.76. The number of carbonyl (C=O) groups is 1. The minimum absolute atomic E-state index is 0.0789. The van der Waals surface area contributed by atoms with Crippen molar-refractivity contribution in [3.05, 3.63) is 64.7 Å². The van der Waals surface area contributed by atoms with Crippen LogP contribution < -0.4 is 0 Å². The molecule has 0 saturated carbocycles. The zero-order chi connectivity index (χ0) is 17.7. The molecule has 1 heterocycles. The Morgan fingerprint density at radius 1 is 1.25 bits per heavy atom. The van der Waals surface area contributed by atoms with Gasteiger partial charge in [0.2, 0.25) is 0 Å². The molecule has 128 valence electrons. The summed E-state index contributed by atoms with van der Waals surface area (Å²) >= 11 is 6.06. The Labute approximate surface area is 145 Å². The van der Waals surface area contributed by atoms with Gasteiger partial charge in [-0.25, -0.2) is 9.37 Å². The smallest absolute Gasteiger partial charge is 0.274 e. The molecule has 6 heteroatoms. The quantitative estimate of drug-likeness (QED) is 0.864. The number of carbonyl (C=O) groups excluding carboxylic acids is 1. The summed E-state index contributed by atoms with van der Waals surface area (Å²) in [6, 6.07) is 8.83. The summed E-state index contributed by atoms with van der Waals surface area (Å²) in [5.74, 6) is -0.506. The van der Waals surface area contributed by atoms with Gasteiger partial charge in [-0.15, -0.1) is 0 Å². The number of nitrogens with zero attached hydrogens (tertiary/aromatic N) is 2. The zero-order valence-corrected chi connectivity index (χ0v) is 14.4. The van der Waals surface area contributed by atoms with E-state index in [2.05, 4.69) is 4.98 Å². The van der Waals surface area contributed by atoms with Gasteiger partial charge in [-0.05, 0) is 35.7 Å². The molecule has 24 heavy (non-hydrogen) atoms. The lowest BCUT2D eigenvalue weighted by Crippen LogP contribution is -2.38. The average Bonchev–Trinajstić information content (AvgIpc) is 2.54. The number of amides is 1. The van der Waals surface area contributed by atoms with Crippen LogP contribution >= 0.6 is 11.6 Å². The third-order valence-corrected chi connectivity index (χ3v) is 3.79. The first-order valence-corrected chi connectivity index (χ1v) is 8.09. The number of rotatable bonds is 6. The van der Waals surface area contributed by atoms with Gasteiger partial charge in [0, 0.05) is 12.7 Å². The van der Waals surface area contributed by atoms with Crippen molar-refractivity contribution in [1.82, 2.24) is 9.88 Å². The summed E-state index contributed by atoms with van der Waals surface area (Å²) in [6.45, 7) is 4.48. The number of halogens is 2. The molecule has 0 fully saturated rings. The molecule has 0 aliphatic carbocycles. The first-order chi connectivity index (χ1) is 11.4. The van der Waals surface area contributed by atoms with Crippen LogP contribution in [-0.2, 0) is 0 Å². The Hall–Kier alpha value is -1.98. The summed E-state index contributed by atoms with van der Waals surface area (Å²) in [4.78, 5) is 18.3. The number of hydrogen-bond acceptors (Lipinski definition) is 3. The average molecular weight is 351 g/mol. The van der Waals surface area contributed by atoms with Crippen molar-refractivity contribution in [3.8, 4) is 0 Å². The molecule has 0 spiro atoms. The van der Waals surface area contributed by atoms with Crippen LogP contribution in [0.1, 0.15) is 36.0 Å². The standard InChI is InChI=1S/C18H20ClFN2O2/c1-12(2)10-22(18(24)17-15(19)4-3-9-21-17)11-16(23)13-5-7-14(20)8-6-13/h3-9,12,16,23H,10-11H2,1-2H3. The van der Waals surface area contributed by atoms with Crippen LogP contribution in [0.5, 0.6) is 0 Å². The minimum atomic E-state index is -0.921. The highest BCUT2D eigenvalue weighted by atomic mass is 35.5. The molecule has 4 nitrogen and oxygen atoms in total. The number of benzene rings is 1. The second-order valence-electron chi connectivity index (χ2n) is 6.01. The topological polar surface area (TPSA) is 53.4 Å². The molecule has 1 amide bonds. The molecule has 2 rings (SSSR count). The van der Waals surface area contributed by atoms with E-state index in [1.165, 1.54) is 35.4 Å².